The van der Waals surface area contributed by atoms with Crippen LogP contribution in [0.3, 0.4) is 0 Å². The number of hydrogen-bond donors (Lipinski definition) is 2. The molecule has 2 rings (SSSR count). The quantitative estimate of drug-likeness (QED) is 0.650. The first-order valence-electron chi connectivity index (χ1n) is 6.27. The molecule has 0 radical (unpaired) electrons. The lowest BCUT2D eigenvalue weighted by Crippen LogP contribution is -2.22. The van der Waals surface area contributed by atoms with Gasteiger partial charge >= 0.3 is 5.97 Å². The van der Waals surface area contributed by atoms with Gasteiger partial charge in [-0.25, -0.2) is 9.78 Å². The number of pyridine rings is 1. The van der Waals surface area contributed by atoms with E-state index >= 15 is 0 Å². The SMILES string of the molecule is COC(=O)C(Nc1ccc(C(N)=S)cn1)c1ccccc1. The Bertz CT molecular complexity index is 629. The summed E-state index contributed by atoms with van der Waals surface area (Å²) in [5.41, 5.74) is 6.99. The highest BCUT2D eigenvalue weighted by molar-refractivity contribution is 7.80. The molecule has 1 aromatic carbocycles. The molecule has 0 bridgehead atoms. The van der Waals surface area contributed by atoms with Gasteiger partial charge in [-0.1, -0.05) is 42.5 Å². The van der Waals surface area contributed by atoms with Gasteiger partial charge in [0.1, 0.15) is 10.8 Å². The van der Waals surface area contributed by atoms with Crippen LogP contribution in [0.5, 0.6) is 0 Å². The fourth-order valence-electron chi connectivity index (χ4n) is 1.81. The number of esters is 1. The van der Waals surface area contributed by atoms with Crippen LogP contribution in [0, 0.1) is 0 Å². The largest absolute Gasteiger partial charge is 0.467 e. The van der Waals surface area contributed by atoms with Crippen LogP contribution in [0.4, 0.5) is 5.82 Å². The number of carbonyl (C=O) groups is 1. The van der Waals surface area contributed by atoms with Crippen molar-refractivity contribution in [3.63, 3.8) is 0 Å². The van der Waals surface area contributed by atoms with Crippen molar-refractivity contribution in [3.05, 3.63) is 59.8 Å². The first kappa shape index (κ1) is 14.9. The summed E-state index contributed by atoms with van der Waals surface area (Å²) in [6.07, 6.45) is 1.56. The molecule has 0 aliphatic heterocycles. The summed E-state index contributed by atoms with van der Waals surface area (Å²) in [5.74, 6) is 0.149. The van der Waals surface area contributed by atoms with Gasteiger partial charge in [0.25, 0.3) is 0 Å². The smallest absolute Gasteiger partial charge is 0.333 e. The minimum atomic E-state index is -0.626. The normalized spacial score (nSPS) is 11.5. The molecule has 0 spiro atoms. The Labute approximate surface area is 128 Å². The number of nitrogens with one attached hydrogen (secondary N) is 1. The highest BCUT2D eigenvalue weighted by Gasteiger charge is 2.21. The summed E-state index contributed by atoms with van der Waals surface area (Å²) in [4.78, 5) is 16.4. The van der Waals surface area contributed by atoms with Crippen molar-refractivity contribution in [1.29, 1.82) is 0 Å². The maximum Gasteiger partial charge on any atom is 0.333 e. The van der Waals surface area contributed by atoms with Gasteiger partial charge in [0.15, 0.2) is 6.04 Å². The monoisotopic (exact) mass is 301 g/mol. The van der Waals surface area contributed by atoms with Crippen molar-refractivity contribution < 1.29 is 9.53 Å². The van der Waals surface area contributed by atoms with E-state index in [0.29, 0.717) is 11.4 Å². The molecule has 1 unspecified atom stereocenters. The predicted molar refractivity (Wildman–Crippen MR) is 84.9 cm³/mol. The minimum Gasteiger partial charge on any atom is -0.467 e. The number of benzene rings is 1. The zero-order valence-corrected chi connectivity index (χ0v) is 12.3. The molecule has 0 amide bonds. The van der Waals surface area contributed by atoms with Gasteiger partial charge in [-0.2, -0.15) is 0 Å². The molecular formula is C15H15N3O2S. The molecule has 6 heteroatoms. The molecule has 1 aromatic heterocycles. The highest BCUT2D eigenvalue weighted by Crippen LogP contribution is 2.19. The fourth-order valence-corrected chi connectivity index (χ4v) is 1.94. The van der Waals surface area contributed by atoms with Crippen molar-refractivity contribution in [1.82, 2.24) is 4.98 Å². The number of anilines is 1. The highest BCUT2D eigenvalue weighted by atomic mass is 32.1. The van der Waals surface area contributed by atoms with Gasteiger partial charge < -0.3 is 15.8 Å². The molecule has 21 heavy (non-hydrogen) atoms. The molecule has 1 atom stereocenters. The van der Waals surface area contributed by atoms with E-state index in [4.69, 9.17) is 22.7 Å². The van der Waals surface area contributed by atoms with Crippen LogP contribution in [0.15, 0.2) is 48.7 Å². The van der Waals surface area contributed by atoms with Crippen LogP contribution in [0.1, 0.15) is 17.2 Å². The summed E-state index contributed by atoms with van der Waals surface area (Å²) in [6, 6.07) is 12.1. The van der Waals surface area contributed by atoms with Gasteiger partial charge in [-0.05, 0) is 17.7 Å². The standard InChI is InChI=1S/C15H15N3O2S/c1-20-15(19)13(10-5-3-2-4-6-10)18-12-8-7-11(9-17-12)14(16)21/h2-9,13H,1H3,(H2,16,21)(H,17,18). The van der Waals surface area contributed by atoms with E-state index in [-0.39, 0.29) is 11.0 Å². The van der Waals surface area contributed by atoms with Gasteiger partial charge in [0.05, 0.1) is 7.11 Å². The lowest BCUT2D eigenvalue weighted by atomic mass is 10.1. The third-order valence-corrected chi connectivity index (χ3v) is 3.15. The first-order valence-corrected chi connectivity index (χ1v) is 6.68. The average molecular weight is 301 g/mol. The molecule has 0 aliphatic carbocycles. The van der Waals surface area contributed by atoms with Gasteiger partial charge in [0.2, 0.25) is 0 Å². The van der Waals surface area contributed by atoms with Crippen LogP contribution in [0.25, 0.3) is 0 Å². The van der Waals surface area contributed by atoms with E-state index in [2.05, 4.69) is 10.3 Å². The second kappa shape index (κ2) is 6.81. The Kier molecular flexibility index (Phi) is 4.84. The number of aromatic nitrogens is 1. The maximum atomic E-state index is 11.9. The van der Waals surface area contributed by atoms with Crippen LogP contribution in [0.2, 0.25) is 0 Å². The molecule has 5 nitrogen and oxygen atoms in total. The molecular weight excluding hydrogens is 286 g/mol. The zero-order valence-electron chi connectivity index (χ0n) is 11.4. The molecule has 0 saturated heterocycles. The van der Waals surface area contributed by atoms with E-state index in [9.17, 15) is 4.79 Å². The van der Waals surface area contributed by atoms with Crippen molar-refractivity contribution in [3.8, 4) is 0 Å². The Hall–Kier alpha value is -2.47. The third-order valence-electron chi connectivity index (χ3n) is 2.91. The number of nitrogens with zero attached hydrogens (tertiary/aromatic N) is 1. The van der Waals surface area contributed by atoms with E-state index in [1.807, 2.05) is 30.3 Å². The number of hydrogen-bond acceptors (Lipinski definition) is 5. The van der Waals surface area contributed by atoms with E-state index in [1.165, 1.54) is 7.11 Å². The number of rotatable bonds is 5. The summed E-state index contributed by atoms with van der Waals surface area (Å²) in [5, 5.41) is 3.04. The maximum absolute atomic E-state index is 11.9. The van der Waals surface area contributed by atoms with Crippen molar-refractivity contribution >= 4 is 29.0 Å². The van der Waals surface area contributed by atoms with Crippen LogP contribution < -0.4 is 11.1 Å². The fraction of sp³-hybridized carbons (Fsp3) is 0.133. The summed E-state index contributed by atoms with van der Waals surface area (Å²) in [7, 11) is 1.35. The summed E-state index contributed by atoms with van der Waals surface area (Å²) in [6.45, 7) is 0. The van der Waals surface area contributed by atoms with Gasteiger partial charge in [-0.3, -0.25) is 0 Å². The molecule has 3 N–H and O–H groups in total. The van der Waals surface area contributed by atoms with Crippen LogP contribution in [-0.2, 0) is 9.53 Å². The molecule has 0 aliphatic rings. The van der Waals surface area contributed by atoms with Crippen LogP contribution >= 0.6 is 12.2 Å². The number of thiocarbonyl (C=S) groups is 1. The van der Waals surface area contributed by atoms with Gasteiger partial charge in [0, 0.05) is 11.8 Å². The van der Waals surface area contributed by atoms with Crippen LogP contribution in [-0.4, -0.2) is 23.1 Å². The van der Waals surface area contributed by atoms with E-state index < -0.39 is 6.04 Å². The van der Waals surface area contributed by atoms with Crippen molar-refractivity contribution in [2.24, 2.45) is 5.73 Å². The summed E-state index contributed by atoms with van der Waals surface area (Å²) >= 11 is 4.87. The Morgan fingerprint density at radius 3 is 2.52 bits per heavy atom. The van der Waals surface area contributed by atoms with E-state index in [0.717, 1.165) is 5.56 Å². The lowest BCUT2D eigenvalue weighted by molar-refractivity contribution is -0.141. The topological polar surface area (TPSA) is 77.2 Å². The van der Waals surface area contributed by atoms with E-state index in [1.54, 1.807) is 18.3 Å². The molecule has 2 aromatic rings. The second-order valence-corrected chi connectivity index (χ2v) is 4.75. The minimum absolute atomic E-state index is 0.279. The zero-order chi connectivity index (χ0) is 15.2. The number of methoxy groups -OCH3 is 1. The van der Waals surface area contributed by atoms with Gasteiger partial charge in [-0.15, -0.1) is 0 Å². The average Bonchev–Trinajstić information content (AvgIpc) is 2.53. The number of carbonyl (C=O) groups excluding carboxylic acids is 1. The first-order chi connectivity index (χ1) is 10.1. The molecule has 0 saturated carbocycles. The molecule has 108 valence electrons. The summed E-state index contributed by atoms with van der Waals surface area (Å²) < 4.78 is 4.83. The molecule has 1 heterocycles. The Morgan fingerprint density at radius 2 is 2.00 bits per heavy atom. The number of ether oxygens (including phenoxy) is 1. The Morgan fingerprint density at radius 1 is 1.29 bits per heavy atom. The van der Waals surface area contributed by atoms with Crippen molar-refractivity contribution in [2.45, 2.75) is 6.04 Å². The number of nitrogens with two attached hydrogens (primary N) is 1. The molecule has 0 fully saturated rings. The lowest BCUT2D eigenvalue weighted by Gasteiger charge is -2.17. The predicted octanol–water partition coefficient (Wildman–Crippen LogP) is 2.04. The Balaban J connectivity index is 2.23. The third kappa shape index (κ3) is 3.76. The second-order valence-electron chi connectivity index (χ2n) is 4.31. The van der Waals surface area contributed by atoms with Crippen molar-refractivity contribution in [2.75, 3.05) is 12.4 Å².